The molecule has 3 rings (SSSR count). The summed E-state index contributed by atoms with van der Waals surface area (Å²) in [6.07, 6.45) is 1.27. The van der Waals surface area contributed by atoms with Gasteiger partial charge < -0.3 is 10.2 Å². The average Bonchev–Trinajstić information content (AvgIpc) is 2.86. The number of fused-ring (bicyclic) bond motifs is 1. The lowest BCUT2D eigenvalue weighted by atomic mass is 10.1. The Balaban J connectivity index is 2.05. The topological polar surface area (TPSA) is 28.2 Å². The van der Waals surface area contributed by atoms with E-state index >= 15 is 0 Å². The number of nitrogens with one attached hydrogen (secondary N) is 1. The number of hydrogen-bond donors (Lipinski definition) is 1. The highest BCUT2D eigenvalue weighted by Gasteiger charge is 2.20. The molecule has 3 nitrogen and oxygen atoms in total. The summed E-state index contributed by atoms with van der Waals surface area (Å²) in [6, 6.07) is 10.7. The van der Waals surface area contributed by atoms with Crippen LogP contribution < -0.4 is 10.2 Å². The normalized spacial score (nSPS) is 19.3. The van der Waals surface area contributed by atoms with E-state index in [-0.39, 0.29) is 0 Å². The van der Waals surface area contributed by atoms with Crippen LogP contribution in [0.4, 0.5) is 5.82 Å². The second-order valence-corrected chi connectivity index (χ2v) is 5.53. The number of anilines is 1. The van der Waals surface area contributed by atoms with Gasteiger partial charge in [0.15, 0.2) is 0 Å². The van der Waals surface area contributed by atoms with Crippen molar-refractivity contribution in [1.29, 1.82) is 0 Å². The van der Waals surface area contributed by atoms with Crippen LogP contribution in [0, 0.1) is 5.92 Å². The van der Waals surface area contributed by atoms with Crippen LogP contribution in [0.3, 0.4) is 0 Å². The van der Waals surface area contributed by atoms with Gasteiger partial charge in [-0.1, -0.05) is 25.1 Å². The molecule has 0 aliphatic carbocycles. The number of pyridine rings is 1. The second kappa shape index (κ2) is 5.17. The van der Waals surface area contributed by atoms with Crippen LogP contribution in [0.25, 0.3) is 10.9 Å². The SMILES string of the molecule is CNCc1cc(N2CCC(C)C2)nc2ccccc12. The fourth-order valence-electron chi connectivity index (χ4n) is 2.87. The van der Waals surface area contributed by atoms with E-state index < -0.39 is 0 Å². The Bertz CT molecular complexity index is 579. The van der Waals surface area contributed by atoms with Crippen LogP contribution >= 0.6 is 0 Å². The largest absolute Gasteiger partial charge is 0.356 e. The number of nitrogens with zero attached hydrogens (tertiary/aromatic N) is 2. The first-order chi connectivity index (χ1) is 9.28. The van der Waals surface area contributed by atoms with E-state index in [1.165, 1.54) is 17.4 Å². The number of rotatable bonds is 3. The first-order valence-corrected chi connectivity index (χ1v) is 7.06. The molecule has 100 valence electrons. The van der Waals surface area contributed by atoms with Gasteiger partial charge >= 0.3 is 0 Å². The molecular formula is C16H21N3. The summed E-state index contributed by atoms with van der Waals surface area (Å²) in [5, 5.41) is 4.51. The Morgan fingerprint density at radius 3 is 2.95 bits per heavy atom. The molecule has 1 atom stereocenters. The van der Waals surface area contributed by atoms with E-state index in [0.29, 0.717) is 0 Å². The zero-order valence-electron chi connectivity index (χ0n) is 11.7. The summed E-state index contributed by atoms with van der Waals surface area (Å²) < 4.78 is 0. The molecule has 2 aromatic rings. The summed E-state index contributed by atoms with van der Waals surface area (Å²) in [5.41, 5.74) is 2.44. The molecule has 1 aliphatic heterocycles. The highest BCUT2D eigenvalue weighted by molar-refractivity contribution is 5.84. The van der Waals surface area contributed by atoms with Gasteiger partial charge in [-0.3, -0.25) is 0 Å². The summed E-state index contributed by atoms with van der Waals surface area (Å²) in [4.78, 5) is 7.25. The van der Waals surface area contributed by atoms with Crippen molar-refractivity contribution in [2.24, 2.45) is 5.92 Å². The van der Waals surface area contributed by atoms with E-state index in [0.717, 1.165) is 36.9 Å². The van der Waals surface area contributed by atoms with Crippen LogP contribution in [-0.2, 0) is 6.54 Å². The Hall–Kier alpha value is -1.61. The molecule has 0 bridgehead atoms. The Morgan fingerprint density at radius 2 is 2.21 bits per heavy atom. The molecule has 2 heterocycles. The van der Waals surface area contributed by atoms with Gasteiger partial charge in [-0.25, -0.2) is 4.98 Å². The maximum Gasteiger partial charge on any atom is 0.129 e. The molecule has 1 aromatic carbocycles. The van der Waals surface area contributed by atoms with E-state index in [1.807, 2.05) is 7.05 Å². The van der Waals surface area contributed by atoms with Crippen molar-refractivity contribution in [3.63, 3.8) is 0 Å². The molecule has 1 saturated heterocycles. The summed E-state index contributed by atoms with van der Waals surface area (Å²) in [5.74, 6) is 1.91. The molecule has 0 spiro atoms. The third-order valence-corrected chi connectivity index (χ3v) is 3.90. The minimum Gasteiger partial charge on any atom is -0.356 e. The van der Waals surface area contributed by atoms with E-state index in [4.69, 9.17) is 4.98 Å². The van der Waals surface area contributed by atoms with Gasteiger partial charge in [0.25, 0.3) is 0 Å². The van der Waals surface area contributed by atoms with Gasteiger partial charge in [0.2, 0.25) is 0 Å². The van der Waals surface area contributed by atoms with Crippen molar-refractivity contribution in [2.45, 2.75) is 19.9 Å². The average molecular weight is 255 g/mol. The van der Waals surface area contributed by atoms with Gasteiger partial charge in [-0.15, -0.1) is 0 Å². The standard InChI is InChI=1S/C16H21N3/c1-12-7-8-19(11-12)16-9-13(10-17-2)14-5-3-4-6-15(14)18-16/h3-6,9,12,17H,7-8,10-11H2,1-2H3. The molecule has 1 aliphatic rings. The van der Waals surface area contributed by atoms with E-state index in [9.17, 15) is 0 Å². The van der Waals surface area contributed by atoms with Crippen molar-refractivity contribution in [1.82, 2.24) is 10.3 Å². The maximum absolute atomic E-state index is 4.83. The van der Waals surface area contributed by atoms with Crippen LogP contribution in [0.15, 0.2) is 30.3 Å². The molecule has 0 amide bonds. The summed E-state index contributed by atoms with van der Waals surface area (Å²) in [6.45, 7) is 5.46. The smallest absolute Gasteiger partial charge is 0.129 e. The molecule has 1 N–H and O–H groups in total. The van der Waals surface area contributed by atoms with Crippen LogP contribution in [0.2, 0.25) is 0 Å². The van der Waals surface area contributed by atoms with Crippen molar-refractivity contribution in [3.05, 3.63) is 35.9 Å². The molecule has 3 heteroatoms. The number of hydrogen-bond acceptors (Lipinski definition) is 3. The van der Waals surface area contributed by atoms with Gasteiger partial charge in [-0.2, -0.15) is 0 Å². The first kappa shape index (κ1) is 12.4. The van der Waals surface area contributed by atoms with Gasteiger partial charge in [-0.05, 0) is 37.1 Å². The Labute approximate surface area is 114 Å². The Morgan fingerprint density at radius 1 is 1.37 bits per heavy atom. The van der Waals surface area contributed by atoms with Gasteiger partial charge in [0, 0.05) is 25.0 Å². The maximum atomic E-state index is 4.83. The lowest BCUT2D eigenvalue weighted by molar-refractivity contribution is 0.659. The molecule has 0 radical (unpaired) electrons. The monoisotopic (exact) mass is 255 g/mol. The predicted molar refractivity (Wildman–Crippen MR) is 80.5 cm³/mol. The minimum absolute atomic E-state index is 0.779. The fourth-order valence-corrected chi connectivity index (χ4v) is 2.87. The van der Waals surface area contributed by atoms with Crippen molar-refractivity contribution in [2.75, 3.05) is 25.0 Å². The van der Waals surface area contributed by atoms with Crippen LogP contribution in [0.5, 0.6) is 0 Å². The minimum atomic E-state index is 0.779. The molecule has 0 saturated carbocycles. The highest BCUT2D eigenvalue weighted by Crippen LogP contribution is 2.26. The lowest BCUT2D eigenvalue weighted by Crippen LogP contribution is -2.21. The van der Waals surface area contributed by atoms with Crippen LogP contribution in [0.1, 0.15) is 18.9 Å². The third-order valence-electron chi connectivity index (χ3n) is 3.90. The predicted octanol–water partition coefficient (Wildman–Crippen LogP) is 2.80. The number of benzene rings is 1. The summed E-state index contributed by atoms with van der Waals surface area (Å²) >= 11 is 0. The molecular weight excluding hydrogens is 234 g/mol. The van der Waals surface area contributed by atoms with Gasteiger partial charge in [0.05, 0.1) is 5.52 Å². The lowest BCUT2D eigenvalue weighted by Gasteiger charge is -2.19. The third kappa shape index (κ3) is 2.43. The summed E-state index contributed by atoms with van der Waals surface area (Å²) in [7, 11) is 1.99. The van der Waals surface area contributed by atoms with Crippen molar-refractivity contribution in [3.8, 4) is 0 Å². The van der Waals surface area contributed by atoms with E-state index in [1.54, 1.807) is 0 Å². The molecule has 1 aromatic heterocycles. The van der Waals surface area contributed by atoms with Gasteiger partial charge in [0.1, 0.15) is 5.82 Å². The molecule has 1 unspecified atom stereocenters. The number of aromatic nitrogens is 1. The van der Waals surface area contributed by atoms with Crippen molar-refractivity contribution >= 4 is 16.7 Å². The van der Waals surface area contributed by atoms with Crippen molar-refractivity contribution < 1.29 is 0 Å². The highest BCUT2D eigenvalue weighted by atomic mass is 15.2. The molecule has 1 fully saturated rings. The first-order valence-electron chi connectivity index (χ1n) is 7.06. The van der Waals surface area contributed by atoms with E-state index in [2.05, 4.69) is 47.5 Å². The quantitative estimate of drug-likeness (QED) is 0.914. The second-order valence-electron chi connectivity index (χ2n) is 5.53. The molecule has 19 heavy (non-hydrogen) atoms. The Kier molecular flexibility index (Phi) is 3.38. The number of para-hydroxylation sites is 1. The zero-order valence-corrected chi connectivity index (χ0v) is 11.7. The zero-order chi connectivity index (χ0) is 13.2. The van der Waals surface area contributed by atoms with Crippen LogP contribution in [-0.4, -0.2) is 25.1 Å². The fraction of sp³-hybridized carbons (Fsp3) is 0.438.